The van der Waals surface area contributed by atoms with Crippen molar-refractivity contribution < 1.29 is 4.74 Å². The van der Waals surface area contributed by atoms with Crippen molar-refractivity contribution in [2.75, 3.05) is 18.9 Å². The van der Waals surface area contributed by atoms with Crippen LogP contribution in [0.3, 0.4) is 0 Å². The van der Waals surface area contributed by atoms with E-state index in [-0.39, 0.29) is 0 Å². The highest BCUT2D eigenvalue weighted by Gasteiger charge is 2.19. The third kappa shape index (κ3) is 2.07. The molecule has 1 aromatic heterocycles. The van der Waals surface area contributed by atoms with Gasteiger partial charge in [-0.2, -0.15) is 5.10 Å². The molecule has 0 spiro atoms. The van der Waals surface area contributed by atoms with Gasteiger partial charge >= 0.3 is 0 Å². The quantitative estimate of drug-likeness (QED) is 0.844. The topological polar surface area (TPSA) is 53.1 Å². The predicted molar refractivity (Wildman–Crippen MR) is 64.3 cm³/mol. The van der Waals surface area contributed by atoms with E-state index in [9.17, 15) is 0 Å². The van der Waals surface area contributed by atoms with E-state index in [2.05, 4.69) is 23.6 Å². The Bertz CT molecular complexity index is 353. The third-order valence-corrected chi connectivity index (χ3v) is 3.30. The van der Waals surface area contributed by atoms with Gasteiger partial charge in [0.05, 0.1) is 23.7 Å². The molecule has 1 atom stereocenters. The lowest BCUT2D eigenvalue weighted by atomic mass is 10.1. The molecule has 16 heavy (non-hydrogen) atoms. The van der Waals surface area contributed by atoms with E-state index in [0.717, 1.165) is 50.4 Å². The van der Waals surface area contributed by atoms with E-state index < -0.39 is 0 Å². The lowest BCUT2D eigenvalue weighted by molar-refractivity contribution is 0.181. The number of hydrogen-bond acceptors (Lipinski definition) is 3. The van der Waals surface area contributed by atoms with E-state index in [4.69, 9.17) is 10.5 Å². The fourth-order valence-corrected chi connectivity index (χ4v) is 2.32. The minimum atomic E-state index is 0.606. The Labute approximate surface area is 96.8 Å². The van der Waals surface area contributed by atoms with Gasteiger partial charge in [0.15, 0.2) is 0 Å². The summed E-state index contributed by atoms with van der Waals surface area (Å²) in [6, 6.07) is 0. The number of nitrogen functional groups attached to an aromatic ring is 1. The van der Waals surface area contributed by atoms with Gasteiger partial charge in [-0.3, -0.25) is 4.68 Å². The summed E-state index contributed by atoms with van der Waals surface area (Å²) in [4.78, 5) is 0. The molecule has 1 aliphatic rings. The summed E-state index contributed by atoms with van der Waals surface area (Å²) in [5.41, 5.74) is 9.20. The normalized spacial score (nSPS) is 20.5. The van der Waals surface area contributed by atoms with E-state index in [0.29, 0.717) is 5.92 Å². The van der Waals surface area contributed by atoms with Gasteiger partial charge in [0.1, 0.15) is 0 Å². The fraction of sp³-hybridized carbons (Fsp3) is 0.750. The number of rotatable bonds is 4. The highest BCUT2D eigenvalue weighted by Crippen LogP contribution is 2.22. The second-order valence-corrected chi connectivity index (χ2v) is 4.43. The summed E-state index contributed by atoms with van der Waals surface area (Å²) in [6.45, 7) is 6.94. The number of hydrogen-bond donors (Lipinski definition) is 1. The first kappa shape index (κ1) is 11.5. The Hall–Kier alpha value is -1.03. The monoisotopic (exact) mass is 223 g/mol. The number of nitrogens with two attached hydrogens (primary N) is 1. The summed E-state index contributed by atoms with van der Waals surface area (Å²) in [5.74, 6) is 0.606. The van der Waals surface area contributed by atoms with Crippen molar-refractivity contribution in [1.29, 1.82) is 0 Å². The zero-order chi connectivity index (χ0) is 11.5. The lowest BCUT2D eigenvalue weighted by Gasteiger charge is -2.10. The summed E-state index contributed by atoms with van der Waals surface area (Å²) in [5, 5.41) is 4.60. The third-order valence-electron chi connectivity index (χ3n) is 3.30. The van der Waals surface area contributed by atoms with E-state index in [1.807, 2.05) is 0 Å². The van der Waals surface area contributed by atoms with Crippen molar-refractivity contribution >= 4 is 5.69 Å². The van der Waals surface area contributed by atoms with Crippen molar-refractivity contribution in [2.24, 2.45) is 5.92 Å². The van der Waals surface area contributed by atoms with Crippen LogP contribution in [0.5, 0.6) is 0 Å². The summed E-state index contributed by atoms with van der Waals surface area (Å²) in [7, 11) is 0. The molecule has 2 rings (SSSR count). The van der Waals surface area contributed by atoms with E-state index >= 15 is 0 Å². The van der Waals surface area contributed by atoms with Gasteiger partial charge in [-0.05, 0) is 19.3 Å². The zero-order valence-electron chi connectivity index (χ0n) is 10.2. The van der Waals surface area contributed by atoms with Crippen LogP contribution in [-0.4, -0.2) is 23.0 Å². The average molecular weight is 223 g/mol. The van der Waals surface area contributed by atoms with Gasteiger partial charge in [-0.15, -0.1) is 0 Å². The fourth-order valence-electron chi connectivity index (χ4n) is 2.32. The largest absolute Gasteiger partial charge is 0.396 e. The summed E-state index contributed by atoms with van der Waals surface area (Å²) >= 11 is 0. The van der Waals surface area contributed by atoms with Gasteiger partial charge < -0.3 is 10.5 Å². The number of anilines is 1. The molecule has 1 fully saturated rings. The minimum Gasteiger partial charge on any atom is -0.396 e. The van der Waals surface area contributed by atoms with Crippen molar-refractivity contribution in [2.45, 2.75) is 39.7 Å². The first-order valence-corrected chi connectivity index (χ1v) is 6.18. The molecule has 0 bridgehead atoms. The maximum atomic E-state index is 6.08. The van der Waals surface area contributed by atoms with Crippen LogP contribution in [0.4, 0.5) is 5.69 Å². The SMILES string of the molecule is CCc1nn(CC2CCOC2)c(CC)c1N. The molecule has 1 unspecified atom stereocenters. The second-order valence-electron chi connectivity index (χ2n) is 4.43. The molecule has 0 radical (unpaired) electrons. The molecule has 0 amide bonds. The van der Waals surface area contributed by atoms with E-state index in [1.54, 1.807) is 0 Å². The molecule has 4 nitrogen and oxygen atoms in total. The van der Waals surface area contributed by atoms with Crippen LogP contribution in [-0.2, 0) is 24.1 Å². The maximum Gasteiger partial charge on any atom is 0.0854 e. The Balaban J connectivity index is 2.18. The van der Waals surface area contributed by atoms with Gasteiger partial charge in [0, 0.05) is 19.1 Å². The smallest absolute Gasteiger partial charge is 0.0854 e. The molecule has 4 heteroatoms. The highest BCUT2D eigenvalue weighted by atomic mass is 16.5. The van der Waals surface area contributed by atoms with Crippen molar-refractivity contribution in [3.8, 4) is 0 Å². The first-order valence-electron chi connectivity index (χ1n) is 6.18. The Morgan fingerprint density at radius 2 is 2.25 bits per heavy atom. The number of aryl methyl sites for hydroxylation is 1. The van der Waals surface area contributed by atoms with Gasteiger partial charge in [0.2, 0.25) is 0 Å². The van der Waals surface area contributed by atoms with Gasteiger partial charge in [0.25, 0.3) is 0 Å². The summed E-state index contributed by atoms with van der Waals surface area (Å²) < 4.78 is 7.48. The van der Waals surface area contributed by atoms with Crippen molar-refractivity contribution in [3.63, 3.8) is 0 Å². The van der Waals surface area contributed by atoms with Crippen LogP contribution in [0.15, 0.2) is 0 Å². The maximum absolute atomic E-state index is 6.08. The first-order chi connectivity index (χ1) is 7.76. The molecule has 1 aromatic rings. The van der Waals surface area contributed by atoms with Crippen LogP contribution < -0.4 is 5.73 Å². The van der Waals surface area contributed by atoms with Crippen LogP contribution in [0.1, 0.15) is 31.7 Å². The van der Waals surface area contributed by atoms with Crippen LogP contribution in [0, 0.1) is 5.92 Å². The van der Waals surface area contributed by atoms with Crippen LogP contribution >= 0.6 is 0 Å². The molecule has 2 heterocycles. The zero-order valence-corrected chi connectivity index (χ0v) is 10.2. The molecular formula is C12H21N3O. The highest BCUT2D eigenvalue weighted by molar-refractivity contribution is 5.48. The molecule has 0 aromatic carbocycles. The molecular weight excluding hydrogens is 202 g/mol. The molecule has 90 valence electrons. The van der Waals surface area contributed by atoms with Gasteiger partial charge in [-0.1, -0.05) is 13.8 Å². The molecule has 2 N–H and O–H groups in total. The van der Waals surface area contributed by atoms with Gasteiger partial charge in [-0.25, -0.2) is 0 Å². The summed E-state index contributed by atoms with van der Waals surface area (Å²) in [6.07, 6.45) is 3.00. The minimum absolute atomic E-state index is 0.606. The molecule has 0 aliphatic carbocycles. The Morgan fingerprint density at radius 3 is 2.81 bits per heavy atom. The second kappa shape index (κ2) is 4.87. The van der Waals surface area contributed by atoms with Crippen LogP contribution in [0.25, 0.3) is 0 Å². The number of aromatic nitrogens is 2. The number of nitrogens with zero attached hydrogens (tertiary/aromatic N) is 2. The van der Waals surface area contributed by atoms with Crippen molar-refractivity contribution in [1.82, 2.24) is 9.78 Å². The molecule has 1 aliphatic heterocycles. The standard InChI is InChI=1S/C12H21N3O/c1-3-10-12(13)11(4-2)15(14-10)7-9-5-6-16-8-9/h9H,3-8,13H2,1-2H3. The lowest BCUT2D eigenvalue weighted by Crippen LogP contribution is -2.14. The van der Waals surface area contributed by atoms with Crippen molar-refractivity contribution in [3.05, 3.63) is 11.4 Å². The van der Waals surface area contributed by atoms with E-state index in [1.165, 1.54) is 5.69 Å². The van der Waals surface area contributed by atoms with Crippen LogP contribution in [0.2, 0.25) is 0 Å². The average Bonchev–Trinajstić information content (AvgIpc) is 2.87. The number of ether oxygens (including phenoxy) is 1. The predicted octanol–water partition coefficient (Wildman–Crippen LogP) is 1.63. The molecule has 1 saturated heterocycles. The Morgan fingerprint density at radius 1 is 1.44 bits per heavy atom. The molecule has 0 saturated carbocycles. The Kier molecular flexibility index (Phi) is 3.49.